The van der Waals surface area contributed by atoms with E-state index in [0.29, 0.717) is 30.9 Å². The summed E-state index contributed by atoms with van der Waals surface area (Å²) in [6, 6.07) is 20.3. The second-order valence-corrected chi connectivity index (χ2v) is 12.6. The number of nitrogens with zero attached hydrogens (tertiary/aromatic N) is 2. The van der Waals surface area contributed by atoms with Gasteiger partial charge in [0.25, 0.3) is 5.56 Å². The zero-order valence-electron chi connectivity index (χ0n) is 19.7. The van der Waals surface area contributed by atoms with Gasteiger partial charge in [-0.2, -0.15) is 4.31 Å². The van der Waals surface area contributed by atoms with Gasteiger partial charge in [0.1, 0.15) is 0 Å². The van der Waals surface area contributed by atoms with Crippen molar-refractivity contribution >= 4 is 43.0 Å². The number of carbonyl (C=O) groups is 1. The molecule has 4 aromatic rings. The fraction of sp³-hybridized carbons (Fsp3) is 0.259. The predicted octanol–water partition coefficient (Wildman–Crippen LogP) is 4.50. The Morgan fingerprint density at radius 1 is 1.00 bits per heavy atom. The summed E-state index contributed by atoms with van der Waals surface area (Å²) in [6.07, 6.45) is 0.870. The van der Waals surface area contributed by atoms with Crippen LogP contribution in [-0.2, 0) is 21.4 Å². The first kappa shape index (κ1) is 23.1. The molecule has 2 aromatic heterocycles. The van der Waals surface area contributed by atoms with E-state index in [4.69, 9.17) is 0 Å². The van der Waals surface area contributed by atoms with E-state index in [-0.39, 0.29) is 28.2 Å². The summed E-state index contributed by atoms with van der Waals surface area (Å²) in [4.78, 5) is 26.0. The number of fused-ring (bicyclic) bond motifs is 5. The van der Waals surface area contributed by atoms with Crippen LogP contribution in [0, 0.1) is 5.92 Å². The number of aromatic nitrogens is 1. The second kappa shape index (κ2) is 8.69. The van der Waals surface area contributed by atoms with Gasteiger partial charge in [-0.05, 0) is 66.3 Å². The highest BCUT2D eigenvalue weighted by molar-refractivity contribution is 7.89. The average molecular weight is 520 g/mol. The van der Waals surface area contributed by atoms with E-state index in [2.05, 4.69) is 23.5 Å². The number of piperidine rings is 1. The van der Waals surface area contributed by atoms with Crippen LogP contribution in [0.15, 0.2) is 76.4 Å². The molecule has 1 N–H and O–H groups in total. The number of rotatable bonds is 4. The Hall–Kier alpha value is -3.27. The fourth-order valence-electron chi connectivity index (χ4n) is 5.46. The molecule has 0 saturated carbocycles. The standard InChI is InChI=1S/C27H25N3O4S2/c1-17(31)28-21-6-8-22(9-7-21)36(33,34)29-14-18-12-20(16-29)24-11-10-23(27(32)30(24)15-18)26-13-19-4-2-3-5-25(19)35-26/h2-11,13,18,20H,12,14-16H2,1H3,(H,28,31). The predicted molar refractivity (Wildman–Crippen MR) is 142 cm³/mol. The number of hydrogen-bond acceptors (Lipinski definition) is 5. The molecule has 1 fully saturated rings. The molecule has 2 aliphatic rings. The van der Waals surface area contributed by atoms with Gasteiger partial charge < -0.3 is 9.88 Å². The van der Waals surface area contributed by atoms with Crippen LogP contribution in [-0.4, -0.2) is 36.3 Å². The quantitative estimate of drug-likeness (QED) is 0.430. The molecule has 2 atom stereocenters. The van der Waals surface area contributed by atoms with Crippen molar-refractivity contribution in [2.45, 2.75) is 30.7 Å². The van der Waals surface area contributed by atoms with Gasteiger partial charge in [0, 0.05) is 53.4 Å². The third-order valence-corrected chi connectivity index (χ3v) is 10.1. The zero-order chi connectivity index (χ0) is 25.0. The van der Waals surface area contributed by atoms with Gasteiger partial charge in [-0.15, -0.1) is 11.3 Å². The number of carbonyl (C=O) groups excluding carboxylic acids is 1. The number of amides is 1. The molecule has 2 unspecified atom stereocenters. The summed E-state index contributed by atoms with van der Waals surface area (Å²) in [5, 5.41) is 3.78. The summed E-state index contributed by atoms with van der Waals surface area (Å²) in [5.74, 6) is -0.172. The van der Waals surface area contributed by atoms with E-state index in [1.54, 1.807) is 27.8 Å². The van der Waals surface area contributed by atoms with Gasteiger partial charge in [-0.1, -0.05) is 18.2 Å². The highest BCUT2D eigenvalue weighted by atomic mass is 32.2. The number of pyridine rings is 1. The smallest absolute Gasteiger partial charge is 0.259 e. The molecular weight excluding hydrogens is 494 g/mol. The van der Waals surface area contributed by atoms with Crippen molar-refractivity contribution in [1.82, 2.24) is 8.87 Å². The van der Waals surface area contributed by atoms with Crippen molar-refractivity contribution in [3.63, 3.8) is 0 Å². The maximum atomic E-state index is 13.5. The average Bonchev–Trinajstić information content (AvgIpc) is 3.28. The van der Waals surface area contributed by atoms with Crippen LogP contribution in [0.2, 0.25) is 0 Å². The monoisotopic (exact) mass is 519 g/mol. The summed E-state index contributed by atoms with van der Waals surface area (Å²) >= 11 is 1.62. The molecule has 2 aromatic carbocycles. The zero-order valence-corrected chi connectivity index (χ0v) is 21.3. The lowest BCUT2D eigenvalue weighted by molar-refractivity contribution is -0.114. The van der Waals surface area contributed by atoms with E-state index < -0.39 is 10.0 Å². The molecule has 1 amide bonds. The highest BCUT2D eigenvalue weighted by Crippen LogP contribution is 2.39. The lowest BCUT2D eigenvalue weighted by atomic mass is 9.84. The minimum absolute atomic E-state index is 0.00127. The first-order valence-electron chi connectivity index (χ1n) is 11.9. The number of nitrogens with one attached hydrogen (secondary N) is 1. The number of sulfonamides is 1. The van der Waals surface area contributed by atoms with Gasteiger partial charge in [-0.3, -0.25) is 9.59 Å². The third-order valence-electron chi connectivity index (χ3n) is 7.07. The Morgan fingerprint density at radius 2 is 1.78 bits per heavy atom. The van der Waals surface area contributed by atoms with Crippen molar-refractivity contribution in [3.8, 4) is 10.4 Å². The lowest BCUT2D eigenvalue weighted by Crippen LogP contribution is -2.49. The topological polar surface area (TPSA) is 88.5 Å². The maximum Gasteiger partial charge on any atom is 0.259 e. The second-order valence-electron chi connectivity index (χ2n) is 9.56. The van der Waals surface area contributed by atoms with Gasteiger partial charge in [-0.25, -0.2) is 8.42 Å². The summed E-state index contributed by atoms with van der Waals surface area (Å²) in [5.41, 5.74) is 2.16. The van der Waals surface area contributed by atoms with Crippen LogP contribution in [0.5, 0.6) is 0 Å². The third kappa shape index (κ3) is 3.97. The van der Waals surface area contributed by atoms with E-state index in [9.17, 15) is 18.0 Å². The number of thiophene rings is 1. The number of hydrogen-bond donors (Lipinski definition) is 1. The van der Waals surface area contributed by atoms with Crippen molar-refractivity contribution in [3.05, 3.63) is 82.8 Å². The van der Waals surface area contributed by atoms with E-state index in [1.165, 1.54) is 19.1 Å². The first-order chi connectivity index (χ1) is 17.3. The van der Waals surface area contributed by atoms with Crippen molar-refractivity contribution in [2.24, 2.45) is 5.92 Å². The van der Waals surface area contributed by atoms with Crippen LogP contribution in [0.25, 0.3) is 20.5 Å². The molecule has 36 heavy (non-hydrogen) atoms. The number of benzene rings is 2. The van der Waals surface area contributed by atoms with Crippen LogP contribution in [0.3, 0.4) is 0 Å². The lowest BCUT2D eigenvalue weighted by Gasteiger charge is -2.42. The first-order valence-corrected chi connectivity index (χ1v) is 14.2. The largest absolute Gasteiger partial charge is 0.326 e. The Bertz CT molecular complexity index is 1620. The normalized spacial score (nSPS) is 19.7. The Labute approximate surface area is 213 Å². The Balaban J connectivity index is 1.29. The summed E-state index contributed by atoms with van der Waals surface area (Å²) < 4.78 is 31.4. The molecule has 2 aliphatic heterocycles. The van der Waals surface area contributed by atoms with E-state index in [0.717, 1.165) is 27.1 Å². The van der Waals surface area contributed by atoms with Crippen LogP contribution < -0.4 is 10.9 Å². The Kier molecular flexibility index (Phi) is 5.59. The van der Waals surface area contributed by atoms with Crippen molar-refractivity contribution in [1.29, 1.82) is 0 Å². The molecular formula is C27H25N3O4S2. The molecule has 0 radical (unpaired) electrons. The Morgan fingerprint density at radius 3 is 2.53 bits per heavy atom. The summed E-state index contributed by atoms with van der Waals surface area (Å²) in [6.45, 7) is 2.64. The SMILES string of the molecule is CC(=O)Nc1ccc(S(=O)(=O)N2CC3CC(C2)c2ccc(-c4cc5ccccc5s4)c(=O)n2C3)cc1. The van der Waals surface area contributed by atoms with Gasteiger partial charge in [0.05, 0.1) is 10.5 Å². The molecule has 0 spiro atoms. The van der Waals surface area contributed by atoms with Crippen LogP contribution in [0.4, 0.5) is 5.69 Å². The molecule has 7 nitrogen and oxygen atoms in total. The van der Waals surface area contributed by atoms with Gasteiger partial charge >= 0.3 is 0 Å². The molecule has 6 rings (SSSR count). The molecule has 4 heterocycles. The molecule has 9 heteroatoms. The highest BCUT2D eigenvalue weighted by Gasteiger charge is 2.39. The van der Waals surface area contributed by atoms with Gasteiger partial charge in [0.2, 0.25) is 15.9 Å². The van der Waals surface area contributed by atoms with Crippen molar-refractivity contribution < 1.29 is 13.2 Å². The van der Waals surface area contributed by atoms with Crippen LogP contribution in [0.1, 0.15) is 25.0 Å². The van der Waals surface area contributed by atoms with Gasteiger partial charge in [0.15, 0.2) is 0 Å². The van der Waals surface area contributed by atoms with Crippen molar-refractivity contribution in [2.75, 3.05) is 18.4 Å². The van der Waals surface area contributed by atoms with E-state index >= 15 is 0 Å². The molecule has 2 bridgehead atoms. The molecule has 1 saturated heterocycles. The molecule has 184 valence electrons. The van der Waals surface area contributed by atoms with E-state index in [1.807, 2.05) is 28.8 Å². The maximum absolute atomic E-state index is 13.5. The summed E-state index contributed by atoms with van der Waals surface area (Å²) in [7, 11) is -3.69. The minimum Gasteiger partial charge on any atom is -0.326 e. The van der Waals surface area contributed by atoms with Crippen LogP contribution >= 0.6 is 11.3 Å². The molecule has 0 aliphatic carbocycles. The fourth-order valence-corrected chi connectivity index (χ4v) is 8.10. The minimum atomic E-state index is -3.69. The number of anilines is 1.